The van der Waals surface area contributed by atoms with Crippen molar-refractivity contribution in [2.24, 2.45) is 0 Å². The highest BCUT2D eigenvalue weighted by Gasteiger charge is 2.32. The van der Waals surface area contributed by atoms with Gasteiger partial charge >= 0.3 is 5.97 Å². The fourth-order valence-electron chi connectivity index (χ4n) is 3.30. The molecule has 0 bridgehead atoms. The van der Waals surface area contributed by atoms with E-state index in [2.05, 4.69) is 5.32 Å². The highest BCUT2D eigenvalue weighted by Crippen LogP contribution is 2.25. The molecule has 0 radical (unpaired) electrons. The molecular weight excluding hydrogens is 390 g/mol. The van der Waals surface area contributed by atoms with Crippen molar-refractivity contribution in [1.29, 1.82) is 0 Å². The van der Waals surface area contributed by atoms with Gasteiger partial charge < -0.3 is 10.1 Å². The van der Waals surface area contributed by atoms with Crippen LogP contribution in [0.15, 0.2) is 78.9 Å². The summed E-state index contributed by atoms with van der Waals surface area (Å²) in [6.45, 7) is 1.94. The van der Waals surface area contributed by atoms with Crippen LogP contribution in [0.2, 0.25) is 0 Å². The van der Waals surface area contributed by atoms with Gasteiger partial charge in [0.15, 0.2) is 5.78 Å². The quantitative estimate of drug-likeness (QED) is 0.460. The highest BCUT2D eigenvalue weighted by atomic mass is 16.5. The molecule has 4 rings (SSSR count). The smallest absolute Gasteiger partial charge is 0.340 e. The molecule has 1 N–H and O–H groups in total. The molecule has 0 heterocycles. The van der Waals surface area contributed by atoms with Gasteiger partial charge in [-0.15, -0.1) is 0 Å². The second-order valence-corrected chi connectivity index (χ2v) is 7.72. The molecule has 1 amide bonds. The molecule has 0 aliphatic heterocycles. The molecule has 5 nitrogen and oxygen atoms in total. The number of amides is 1. The lowest BCUT2D eigenvalue weighted by molar-refractivity contribution is -0.130. The molecule has 31 heavy (non-hydrogen) atoms. The molecule has 1 fully saturated rings. The predicted octanol–water partition coefficient (Wildman–Crippen LogP) is 4.40. The molecule has 0 spiro atoms. The normalized spacial score (nSPS) is 13.8. The van der Waals surface area contributed by atoms with Crippen molar-refractivity contribution in [2.45, 2.75) is 31.9 Å². The van der Waals surface area contributed by atoms with Gasteiger partial charge in [0.25, 0.3) is 5.91 Å². The van der Waals surface area contributed by atoms with Crippen LogP contribution in [0.5, 0.6) is 0 Å². The first-order valence-electron chi connectivity index (χ1n) is 10.3. The first-order chi connectivity index (χ1) is 15.0. The third-order valence-corrected chi connectivity index (χ3v) is 5.19. The van der Waals surface area contributed by atoms with E-state index < -0.39 is 12.1 Å². The van der Waals surface area contributed by atoms with Crippen molar-refractivity contribution in [3.63, 3.8) is 0 Å². The van der Waals surface area contributed by atoms with Gasteiger partial charge in [-0.3, -0.25) is 9.59 Å². The third-order valence-electron chi connectivity index (χ3n) is 5.19. The van der Waals surface area contributed by atoms with Crippen molar-refractivity contribution in [2.75, 3.05) is 0 Å². The average Bonchev–Trinajstić information content (AvgIpc) is 3.62. The Balaban J connectivity index is 1.61. The molecule has 1 aliphatic rings. The van der Waals surface area contributed by atoms with Crippen LogP contribution in [0.1, 0.15) is 56.4 Å². The zero-order chi connectivity index (χ0) is 21.8. The number of rotatable bonds is 7. The standard InChI is InChI=1S/C26H23NO4/c1-17-11-13-18(14-12-17)23(28)21-9-5-6-10-22(21)26(30)31-24(19-7-3-2-4-8-19)25(29)27-20-15-16-20/h2-14,20,24H,15-16H2,1H3,(H,27,29)/t24-/m0/s1. The van der Waals surface area contributed by atoms with Gasteiger partial charge in [-0.1, -0.05) is 78.4 Å². The predicted molar refractivity (Wildman–Crippen MR) is 117 cm³/mol. The summed E-state index contributed by atoms with van der Waals surface area (Å²) >= 11 is 0. The Morgan fingerprint density at radius 3 is 2.10 bits per heavy atom. The molecule has 5 heteroatoms. The Morgan fingerprint density at radius 2 is 1.45 bits per heavy atom. The minimum Gasteiger partial charge on any atom is -0.444 e. The van der Waals surface area contributed by atoms with E-state index in [0.717, 1.165) is 18.4 Å². The summed E-state index contributed by atoms with van der Waals surface area (Å²) in [5, 5.41) is 2.89. The molecule has 1 saturated carbocycles. The number of hydrogen-bond acceptors (Lipinski definition) is 4. The summed E-state index contributed by atoms with van der Waals surface area (Å²) in [4.78, 5) is 38.9. The van der Waals surface area contributed by atoms with Gasteiger partial charge in [0.1, 0.15) is 0 Å². The Hall–Kier alpha value is -3.73. The first-order valence-corrected chi connectivity index (χ1v) is 10.3. The Labute approximate surface area is 181 Å². The number of aryl methyl sites for hydroxylation is 1. The van der Waals surface area contributed by atoms with Gasteiger partial charge in [-0.25, -0.2) is 4.79 Å². The first kappa shape index (κ1) is 20.5. The van der Waals surface area contributed by atoms with Crippen LogP contribution in [0.3, 0.4) is 0 Å². The number of hydrogen-bond donors (Lipinski definition) is 1. The lowest BCUT2D eigenvalue weighted by Crippen LogP contribution is -2.33. The van der Waals surface area contributed by atoms with Crippen molar-refractivity contribution in [1.82, 2.24) is 5.32 Å². The Kier molecular flexibility index (Phi) is 5.94. The van der Waals surface area contributed by atoms with Crippen molar-refractivity contribution in [3.8, 4) is 0 Å². The number of ketones is 1. The Morgan fingerprint density at radius 1 is 0.839 bits per heavy atom. The maximum absolute atomic E-state index is 13.1. The second-order valence-electron chi connectivity index (χ2n) is 7.72. The maximum Gasteiger partial charge on any atom is 0.340 e. The number of carbonyl (C=O) groups is 3. The van der Waals surface area contributed by atoms with Gasteiger partial charge in [0, 0.05) is 22.7 Å². The van der Waals surface area contributed by atoms with Gasteiger partial charge in [-0.2, -0.15) is 0 Å². The molecule has 156 valence electrons. The second kappa shape index (κ2) is 8.96. The van der Waals surface area contributed by atoms with Crippen LogP contribution >= 0.6 is 0 Å². The van der Waals surface area contributed by atoms with E-state index >= 15 is 0 Å². The van der Waals surface area contributed by atoms with Crippen LogP contribution in [0.4, 0.5) is 0 Å². The summed E-state index contributed by atoms with van der Waals surface area (Å²) in [6.07, 6.45) is 0.765. The van der Waals surface area contributed by atoms with E-state index in [1.165, 1.54) is 0 Å². The number of ether oxygens (including phenoxy) is 1. The van der Waals surface area contributed by atoms with Crippen LogP contribution in [0, 0.1) is 6.92 Å². The molecule has 3 aromatic rings. The third kappa shape index (κ3) is 4.89. The van der Waals surface area contributed by atoms with E-state index in [4.69, 9.17) is 4.74 Å². The van der Waals surface area contributed by atoms with Crippen molar-refractivity contribution in [3.05, 3.63) is 107 Å². The minimum absolute atomic E-state index is 0.132. The maximum atomic E-state index is 13.1. The summed E-state index contributed by atoms with van der Waals surface area (Å²) in [5.41, 5.74) is 2.48. The topological polar surface area (TPSA) is 72.5 Å². The number of nitrogens with one attached hydrogen (secondary N) is 1. The molecule has 0 aromatic heterocycles. The van der Waals surface area contributed by atoms with Gasteiger partial charge in [0.05, 0.1) is 5.56 Å². The fraction of sp³-hybridized carbons (Fsp3) is 0.192. The van der Waals surface area contributed by atoms with E-state index in [-0.39, 0.29) is 28.9 Å². The largest absolute Gasteiger partial charge is 0.444 e. The zero-order valence-electron chi connectivity index (χ0n) is 17.2. The van der Waals surface area contributed by atoms with Gasteiger partial charge in [0.2, 0.25) is 6.10 Å². The van der Waals surface area contributed by atoms with Crippen LogP contribution in [0.25, 0.3) is 0 Å². The Bertz CT molecular complexity index is 1100. The number of esters is 1. The summed E-state index contributed by atoms with van der Waals surface area (Å²) < 4.78 is 5.66. The molecule has 3 aromatic carbocycles. The van der Waals surface area contributed by atoms with E-state index in [9.17, 15) is 14.4 Å². The van der Waals surface area contributed by atoms with Crippen LogP contribution in [-0.2, 0) is 9.53 Å². The van der Waals surface area contributed by atoms with Gasteiger partial charge in [-0.05, 0) is 25.8 Å². The minimum atomic E-state index is -1.09. The highest BCUT2D eigenvalue weighted by molar-refractivity contribution is 6.14. The van der Waals surface area contributed by atoms with Crippen molar-refractivity contribution < 1.29 is 19.1 Å². The lowest BCUT2D eigenvalue weighted by atomic mass is 9.97. The monoisotopic (exact) mass is 413 g/mol. The van der Waals surface area contributed by atoms with Crippen molar-refractivity contribution >= 4 is 17.7 Å². The average molecular weight is 413 g/mol. The summed E-state index contributed by atoms with van der Waals surface area (Å²) in [6, 6.07) is 22.7. The molecular formula is C26H23NO4. The van der Waals surface area contributed by atoms with E-state index in [0.29, 0.717) is 11.1 Å². The SMILES string of the molecule is Cc1ccc(C(=O)c2ccccc2C(=O)O[C@H](C(=O)NC2CC2)c2ccccc2)cc1. The fourth-order valence-corrected chi connectivity index (χ4v) is 3.30. The molecule has 1 atom stereocenters. The molecule has 1 aliphatic carbocycles. The number of benzene rings is 3. The summed E-state index contributed by atoms with van der Waals surface area (Å²) in [7, 11) is 0. The number of carbonyl (C=O) groups excluding carboxylic acids is 3. The van der Waals surface area contributed by atoms with E-state index in [1.54, 1.807) is 60.7 Å². The lowest BCUT2D eigenvalue weighted by Gasteiger charge is -2.19. The van der Waals surface area contributed by atoms with Crippen LogP contribution < -0.4 is 5.32 Å². The summed E-state index contributed by atoms with van der Waals surface area (Å²) in [5.74, 6) is -1.34. The van der Waals surface area contributed by atoms with E-state index in [1.807, 2.05) is 25.1 Å². The molecule has 0 saturated heterocycles. The zero-order valence-corrected chi connectivity index (χ0v) is 17.2. The molecule has 0 unspecified atom stereocenters. The van der Waals surface area contributed by atoms with Crippen LogP contribution in [-0.4, -0.2) is 23.7 Å².